The monoisotopic (exact) mass is 635 g/mol. The third kappa shape index (κ3) is 6.94. The molecule has 0 bridgehead atoms. The smallest absolute Gasteiger partial charge is 0.341 e. The molecule has 2 aliphatic rings. The van der Waals surface area contributed by atoms with Gasteiger partial charge in [0.15, 0.2) is 29.7 Å². The Morgan fingerprint density at radius 1 is 1.07 bits per heavy atom. The van der Waals surface area contributed by atoms with Gasteiger partial charge in [0, 0.05) is 31.6 Å². The number of carboxylic acids is 1. The number of nitrogens with zero attached hydrogens (tertiary/aromatic N) is 2. The van der Waals surface area contributed by atoms with Gasteiger partial charge >= 0.3 is 5.97 Å². The molecule has 0 aliphatic carbocycles. The van der Waals surface area contributed by atoms with Crippen molar-refractivity contribution < 1.29 is 33.3 Å². The number of aliphatic carboxylic acids is 1. The number of anilines is 1. The number of fused-ring (bicyclic) bond motifs is 1. The number of hydrogen-bond donors (Lipinski definition) is 2. The van der Waals surface area contributed by atoms with E-state index in [1.165, 1.54) is 14.2 Å². The lowest BCUT2D eigenvalue weighted by Crippen LogP contribution is -2.30. The van der Waals surface area contributed by atoms with Crippen LogP contribution in [0.5, 0.6) is 17.2 Å². The lowest BCUT2D eigenvalue weighted by Gasteiger charge is -2.29. The van der Waals surface area contributed by atoms with E-state index in [1.807, 2.05) is 12.1 Å². The number of rotatable bonds is 11. The maximum absolute atomic E-state index is 15.1. The van der Waals surface area contributed by atoms with Gasteiger partial charge in [0.05, 0.1) is 32.0 Å². The van der Waals surface area contributed by atoms with Gasteiger partial charge in [-0.25, -0.2) is 9.18 Å². The number of benzene rings is 2. The molecule has 2 heterocycles. The Bertz CT molecular complexity index is 1320. The molecule has 0 unspecified atom stereocenters. The normalized spacial score (nSPS) is 14.5. The molecule has 0 radical (unpaired) electrons. The van der Waals surface area contributed by atoms with E-state index >= 15 is 4.39 Å². The second-order valence-electron chi connectivity index (χ2n) is 11.3. The van der Waals surface area contributed by atoms with Gasteiger partial charge in [0.25, 0.3) is 0 Å². The van der Waals surface area contributed by atoms with Crippen LogP contribution < -0.4 is 19.1 Å². The Labute approximate surface area is 250 Å². The number of nitrogens with one attached hydrogen (secondary N) is 1. The number of ketones is 1. The molecule has 0 aromatic heterocycles. The van der Waals surface area contributed by atoms with Gasteiger partial charge in [0.1, 0.15) is 11.6 Å². The second kappa shape index (κ2) is 13.1. The van der Waals surface area contributed by atoms with E-state index in [4.69, 9.17) is 19.6 Å². The van der Waals surface area contributed by atoms with Crippen molar-refractivity contribution in [1.82, 2.24) is 4.90 Å². The van der Waals surface area contributed by atoms with E-state index < -0.39 is 18.4 Å². The fourth-order valence-electron chi connectivity index (χ4n) is 5.39. The number of halogens is 2. The fraction of sp³-hybridized carbons (Fsp3) is 0.500. The lowest BCUT2D eigenvalue weighted by molar-refractivity contribution is -0.139. The third-order valence-electron chi connectivity index (χ3n) is 7.39. The molecule has 2 N–H and O–H groups in total. The molecule has 2 aliphatic heterocycles. The summed E-state index contributed by atoms with van der Waals surface area (Å²) in [4.78, 5) is 28.2. The summed E-state index contributed by atoms with van der Waals surface area (Å²) in [6, 6.07) is 5.66. The number of ether oxygens (including phenoxy) is 3. The molecule has 4 rings (SSSR count). The Morgan fingerprint density at radius 3 is 2.34 bits per heavy atom. The number of methoxy groups -OCH3 is 2. The molecule has 11 heteroatoms. The number of carbonyl (C=O) groups excluding carboxylic acids is 1. The average molecular weight is 637 g/mol. The highest BCUT2D eigenvalue weighted by Gasteiger charge is 2.33. The zero-order valence-electron chi connectivity index (χ0n) is 24.3. The minimum absolute atomic E-state index is 0. The predicted molar refractivity (Wildman–Crippen MR) is 160 cm³/mol. The van der Waals surface area contributed by atoms with Gasteiger partial charge in [-0.15, -0.1) is 17.0 Å². The van der Waals surface area contributed by atoms with Crippen LogP contribution in [0.4, 0.5) is 10.1 Å². The van der Waals surface area contributed by atoms with Crippen LogP contribution in [0.2, 0.25) is 0 Å². The molecule has 2 aromatic carbocycles. The SMILES string of the molecule is Br.COc1cc2c(c(F)c1OC)C(=N)N(CC(=O)CCc1cc(N3CCCC3)c(OCC(=O)O)c(C(C)(C)C)c1)C2. The van der Waals surface area contributed by atoms with Crippen molar-refractivity contribution in [3.05, 3.63) is 46.3 Å². The van der Waals surface area contributed by atoms with E-state index in [-0.39, 0.29) is 70.6 Å². The number of hydrogen-bond acceptors (Lipinski definition) is 7. The summed E-state index contributed by atoms with van der Waals surface area (Å²) >= 11 is 0. The number of amidine groups is 1. The van der Waals surface area contributed by atoms with Crippen LogP contribution in [0.3, 0.4) is 0 Å². The molecule has 0 saturated carbocycles. The molecule has 224 valence electrons. The highest BCUT2D eigenvalue weighted by atomic mass is 79.9. The standard InChI is InChI=1S/C30H38FN3O6.BrH/c1-30(2,3)21-12-18(13-22(33-10-6-7-11-33)27(21)40-17-24(36)37)8-9-20(35)16-34-15-19-14-23(38-4)28(39-5)26(31)25(19)29(34)32;/h12-14,32H,6-11,15-17H2,1-5H3,(H,36,37);1H. The maximum atomic E-state index is 15.1. The molecule has 1 fully saturated rings. The topological polar surface area (TPSA) is 112 Å². The minimum Gasteiger partial charge on any atom is -0.493 e. The fourth-order valence-corrected chi connectivity index (χ4v) is 5.39. The molecular formula is C30H39BrFN3O6. The van der Waals surface area contributed by atoms with E-state index in [9.17, 15) is 14.7 Å². The van der Waals surface area contributed by atoms with Crippen LogP contribution >= 0.6 is 17.0 Å². The summed E-state index contributed by atoms with van der Waals surface area (Å²) in [7, 11) is 2.77. The van der Waals surface area contributed by atoms with E-state index in [2.05, 4.69) is 25.7 Å². The molecule has 0 spiro atoms. The largest absolute Gasteiger partial charge is 0.493 e. The van der Waals surface area contributed by atoms with Crippen LogP contribution in [-0.2, 0) is 28.0 Å². The van der Waals surface area contributed by atoms with Crippen LogP contribution in [0.15, 0.2) is 18.2 Å². The van der Waals surface area contributed by atoms with Crippen molar-refractivity contribution in [2.75, 3.05) is 45.4 Å². The van der Waals surface area contributed by atoms with Crippen LogP contribution in [0, 0.1) is 11.2 Å². The van der Waals surface area contributed by atoms with Crippen molar-refractivity contribution in [2.24, 2.45) is 0 Å². The van der Waals surface area contributed by atoms with Gasteiger partial charge in [-0.05, 0) is 47.9 Å². The summed E-state index contributed by atoms with van der Waals surface area (Å²) in [5, 5.41) is 17.8. The van der Waals surface area contributed by atoms with Gasteiger partial charge < -0.3 is 29.1 Å². The zero-order chi connectivity index (χ0) is 29.2. The van der Waals surface area contributed by atoms with Gasteiger partial charge in [0.2, 0.25) is 0 Å². The van der Waals surface area contributed by atoms with Crippen molar-refractivity contribution in [2.45, 2.75) is 58.4 Å². The molecule has 9 nitrogen and oxygen atoms in total. The summed E-state index contributed by atoms with van der Waals surface area (Å²) in [6.07, 6.45) is 2.82. The summed E-state index contributed by atoms with van der Waals surface area (Å²) in [6.45, 7) is 7.68. The molecule has 1 saturated heterocycles. The van der Waals surface area contributed by atoms with E-state index in [0.717, 1.165) is 42.7 Å². The highest BCUT2D eigenvalue weighted by Crippen LogP contribution is 2.42. The van der Waals surface area contributed by atoms with Crippen LogP contribution in [0.25, 0.3) is 0 Å². The quantitative estimate of drug-likeness (QED) is 0.350. The van der Waals surface area contributed by atoms with Crippen molar-refractivity contribution in [3.63, 3.8) is 0 Å². The molecule has 0 amide bonds. The van der Waals surface area contributed by atoms with Gasteiger partial charge in [-0.3, -0.25) is 10.2 Å². The Kier molecular flexibility index (Phi) is 10.3. The van der Waals surface area contributed by atoms with Gasteiger partial charge in [-0.1, -0.05) is 26.8 Å². The van der Waals surface area contributed by atoms with Crippen molar-refractivity contribution in [1.29, 1.82) is 5.41 Å². The number of carbonyl (C=O) groups is 2. The third-order valence-corrected chi connectivity index (χ3v) is 7.39. The summed E-state index contributed by atoms with van der Waals surface area (Å²) in [5.74, 6) is -1.03. The molecule has 41 heavy (non-hydrogen) atoms. The molecule has 0 atom stereocenters. The van der Waals surface area contributed by atoms with E-state index in [1.54, 1.807) is 11.0 Å². The first kappa shape index (κ1) is 32.2. The first-order valence-electron chi connectivity index (χ1n) is 13.5. The minimum atomic E-state index is -1.03. The maximum Gasteiger partial charge on any atom is 0.341 e. The van der Waals surface area contributed by atoms with Crippen molar-refractivity contribution >= 4 is 40.3 Å². The second-order valence-corrected chi connectivity index (χ2v) is 11.3. The zero-order valence-corrected chi connectivity index (χ0v) is 26.0. The number of aryl methyl sites for hydroxylation is 1. The Morgan fingerprint density at radius 2 is 1.76 bits per heavy atom. The molecule has 2 aromatic rings. The lowest BCUT2D eigenvalue weighted by atomic mass is 9.84. The average Bonchev–Trinajstić information content (AvgIpc) is 3.54. The summed E-state index contributed by atoms with van der Waals surface area (Å²) in [5.41, 5.74) is 3.12. The number of Topliss-reactive ketones (excluding diaryl/α,β-unsaturated/α-hetero) is 1. The predicted octanol–water partition coefficient (Wildman–Crippen LogP) is 5.12. The Balaban J connectivity index is 0.00000462. The summed E-state index contributed by atoms with van der Waals surface area (Å²) < 4.78 is 31.3. The first-order valence-corrected chi connectivity index (χ1v) is 13.5. The number of carboxylic acid groups (broad SMARTS) is 1. The van der Waals surface area contributed by atoms with E-state index in [0.29, 0.717) is 17.7 Å². The van der Waals surface area contributed by atoms with Crippen molar-refractivity contribution in [3.8, 4) is 17.2 Å². The first-order chi connectivity index (χ1) is 18.9. The Hall–Kier alpha value is -3.34. The molecular weight excluding hydrogens is 597 g/mol. The van der Waals surface area contributed by atoms with Crippen LogP contribution in [0.1, 0.15) is 62.3 Å². The highest BCUT2D eigenvalue weighted by molar-refractivity contribution is 8.93. The van der Waals surface area contributed by atoms with Crippen LogP contribution in [-0.4, -0.2) is 68.1 Å². The van der Waals surface area contributed by atoms with Gasteiger partial charge in [-0.2, -0.15) is 0 Å².